The van der Waals surface area contributed by atoms with Gasteiger partial charge in [0.25, 0.3) is 5.91 Å². The van der Waals surface area contributed by atoms with Gasteiger partial charge in [-0.15, -0.1) is 10.2 Å². The lowest BCUT2D eigenvalue weighted by atomic mass is 10.2. The fourth-order valence-electron chi connectivity index (χ4n) is 2.63. The summed E-state index contributed by atoms with van der Waals surface area (Å²) in [5, 5.41) is 15.1. The molecular weight excluding hydrogens is 394 g/mol. The molecule has 4 rings (SSSR count). The first-order valence-corrected chi connectivity index (χ1v) is 9.18. The average molecular weight is 408 g/mol. The van der Waals surface area contributed by atoms with Crippen molar-refractivity contribution in [1.29, 1.82) is 0 Å². The zero-order valence-electron chi connectivity index (χ0n) is 14.5. The molecule has 0 aliphatic rings. The highest BCUT2D eigenvalue weighted by atomic mass is 35.5. The summed E-state index contributed by atoms with van der Waals surface area (Å²) in [6.45, 7) is 0. The summed E-state index contributed by atoms with van der Waals surface area (Å²) in [6.07, 6.45) is 0. The number of halogens is 1. The molecule has 2 N–H and O–H groups in total. The molecule has 0 saturated carbocycles. The lowest BCUT2D eigenvalue weighted by Crippen LogP contribution is -2.34. The van der Waals surface area contributed by atoms with E-state index < -0.39 is 0 Å². The highest BCUT2D eigenvalue weighted by Gasteiger charge is 2.12. The van der Waals surface area contributed by atoms with Crippen molar-refractivity contribution < 1.29 is 4.79 Å². The maximum atomic E-state index is 12.2. The third-order valence-corrected chi connectivity index (χ3v) is 4.48. The predicted octanol–water partition coefficient (Wildman–Crippen LogP) is 4.20. The smallest absolute Gasteiger partial charge is 0.257 e. The van der Waals surface area contributed by atoms with Gasteiger partial charge in [0, 0.05) is 5.56 Å². The van der Waals surface area contributed by atoms with Crippen molar-refractivity contribution >= 4 is 51.6 Å². The topological polar surface area (TPSA) is 71.8 Å². The van der Waals surface area contributed by atoms with Gasteiger partial charge in [0.1, 0.15) is 11.0 Å². The van der Waals surface area contributed by atoms with Crippen LogP contribution in [-0.4, -0.2) is 26.0 Å². The van der Waals surface area contributed by atoms with Crippen LogP contribution in [0.25, 0.3) is 16.7 Å². The van der Waals surface area contributed by atoms with Crippen LogP contribution in [0.4, 0.5) is 5.69 Å². The number of anilines is 1. The van der Waals surface area contributed by atoms with Crippen LogP contribution in [0.15, 0.2) is 72.8 Å². The minimum atomic E-state index is -0.301. The maximum Gasteiger partial charge on any atom is 0.257 e. The van der Waals surface area contributed by atoms with Crippen molar-refractivity contribution in [3.05, 3.63) is 83.4 Å². The van der Waals surface area contributed by atoms with Crippen LogP contribution < -0.4 is 10.6 Å². The van der Waals surface area contributed by atoms with Gasteiger partial charge in [-0.05, 0) is 48.6 Å². The van der Waals surface area contributed by atoms with E-state index in [0.29, 0.717) is 27.3 Å². The van der Waals surface area contributed by atoms with E-state index in [-0.39, 0.29) is 11.0 Å². The molecule has 1 aromatic heterocycles. The Morgan fingerprint density at radius 1 is 0.929 bits per heavy atom. The van der Waals surface area contributed by atoms with E-state index in [1.165, 1.54) is 0 Å². The number of carbonyl (C=O) groups is 1. The first-order valence-electron chi connectivity index (χ1n) is 8.39. The van der Waals surface area contributed by atoms with Gasteiger partial charge < -0.3 is 5.32 Å². The summed E-state index contributed by atoms with van der Waals surface area (Å²) >= 11 is 11.6. The Bertz CT molecular complexity index is 1160. The van der Waals surface area contributed by atoms with Crippen molar-refractivity contribution in [3.8, 4) is 5.69 Å². The molecule has 28 heavy (non-hydrogen) atoms. The third kappa shape index (κ3) is 3.85. The van der Waals surface area contributed by atoms with Crippen LogP contribution in [0, 0.1) is 0 Å². The van der Waals surface area contributed by atoms with Gasteiger partial charge in [-0.2, -0.15) is 4.80 Å². The highest BCUT2D eigenvalue weighted by molar-refractivity contribution is 7.80. The molecule has 4 aromatic rings. The van der Waals surface area contributed by atoms with Crippen LogP contribution in [0.3, 0.4) is 0 Å². The second kappa shape index (κ2) is 7.75. The summed E-state index contributed by atoms with van der Waals surface area (Å²) in [5.41, 5.74) is 3.19. The monoisotopic (exact) mass is 407 g/mol. The lowest BCUT2D eigenvalue weighted by Gasteiger charge is -2.10. The van der Waals surface area contributed by atoms with Gasteiger partial charge in [-0.1, -0.05) is 48.0 Å². The molecule has 0 atom stereocenters. The molecule has 0 unspecified atom stereocenters. The number of nitrogens with zero attached hydrogens (tertiary/aromatic N) is 3. The summed E-state index contributed by atoms with van der Waals surface area (Å²) in [6, 6.07) is 21.8. The molecule has 1 heterocycles. The molecule has 0 aliphatic carbocycles. The molecule has 0 saturated heterocycles. The second-order valence-electron chi connectivity index (χ2n) is 5.92. The average Bonchev–Trinajstić information content (AvgIpc) is 3.12. The van der Waals surface area contributed by atoms with Crippen LogP contribution >= 0.6 is 23.8 Å². The number of carbonyl (C=O) groups excluding carboxylic acids is 1. The van der Waals surface area contributed by atoms with Crippen molar-refractivity contribution in [2.45, 2.75) is 0 Å². The molecule has 6 nitrogen and oxygen atoms in total. The number of amides is 1. The van der Waals surface area contributed by atoms with Crippen LogP contribution in [0.5, 0.6) is 0 Å². The number of benzene rings is 3. The van der Waals surface area contributed by atoms with E-state index in [1.807, 2.05) is 36.4 Å². The first kappa shape index (κ1) is 18.1. The van der Waals surface area contributed by atoms with Crippen molar-refractivity contribution in [2.75, 3.05) is 5.32 Å². The normalized spacial score (nSPS) is 10.6. The number of thiocarbonyl (C=S) groups is 1. The third-order valence-electron chi connectivity index (χ3n) is 3.97. The van der Waals surface area contributed by atoms with Gasteiger partial charge in [0.05, 0.1) is 16.4 Å². The Hall–Kier alpha value is -3.29. The van der Waals surface area contributed by atoms with Gasteiger partial charge in [-0.25, -0.2) is 0 Å². The Labute approximate surface area is 171 Å². The largest absolute Gasteiger partial charge is 0.331 e. The van der Waals surface area contributed by atoms with E-state index >= 15 is 0 Å². The zero-order valence-corrected chi connectivity index (χ0v) is 16.0. The van der Waals surface area contributed by atoms with Crippen molar-refractivity contribution in [2.24, 2.45) is 0 Å². The quantitative estimate of drug-likeness (QED) is 0.498. The summed E-state index contributed by atoms with van der Waals surface area (Å²) < 4.78 is 0. The van der Waals surface area contributed by atoms with Crippen LogP contribution in [0.2, 0.25) is 5.02 Å². The van der Waals surface area contributed by atoms with Gasteiger partial charge in [0.15, 0.2) is 5.11 Å². The molecule has 138 valence electrons. The molecule has 1 amide bonds. The van der Waals surface area contributed by atoms with Crippen molar-refractivity contribution in [1.82, 2.24) is 20.3 Å². The molecule has 0 aliphatic heterocycles. The molecular formula is C20H14ClN5OS. The minimum Gasteiger partial charge on any atom is -0.331 e. The van der Waals surface area contributed by atoms with E-state index in [0.717, 1.165) is 5.69 Å². The van der Waals surface area contributed by atoms with Gasteiger partial charge >= 0.3 is 0 Å². The number of hydrogen-bond acceptors (Lipinski definition) is 4. The standard InChI is InChI=1S/C20H14ClN5OS/c21-15-11-17-18(25-26(24-17)14-9-5-2-6-10-14)12-16(15)22-20(28)23-19(27)13-7-3-1-4-8-13/h1-12H,(H2,22,23,27,28). The van der Waals surface area contributed by atoms with Crippen molar-refractivity contribution in [3.63, 3.8) is 0 Å². The molecule has 0 bridgehead atoms. The number of hydrogen-bond donors (Lipinski definition) is 2. The lowest BCUT2D eigenvalue weighted by molar-refractivity contribution is 0.0977. The Morgan fingerprint density at radius 2 is 1.54 bits per heavy atom. The summed E-state index contributed by atoms with van der Waals surface area (Å²) in [4.78, 5) is 13.7. The predicted molar refractivity (Wildman–Crippen MR) is 114 cm³/mol. The number of aromatic nitrogens is 3. The van der Waals surface area contributed by atoms with Gasteiger partial charge in [0.2, 0.25) is 0 Å². The maximum absolute atomic E-state index is 12.2. The summed E-state index contributed by atoms with van der Waals surface area (Å²) in [7, 11) is 0. The fraction of sp³-hybridized carbons (Fsp3) is 0. The van der Waals surface area contributed by atoms with Crippen LogP contribution in [-0.2, 0) is 0 Å². The number of rotatable bonds is 3. The summed E-state index contributed by atoms with van der Waals surface area (Å²) in [5.74, 6) is -0.301. The minimum absolute atomic E-state index is 0.144. The molecule has 0 radical (unpaired) electrons. The van der Waals surface area contributed by atoms with E-state index in [9.17, 15) is 4.79 Å². The van der Waals surface area contributed by atoms with E-state index in [2.05, 4.69) is 20.8 Å². The highest BCUT2D eigenvalue weighted by Crippen LogP contribution is 2.27. The zero-order chi connectivity index (χ0) is 19.5. The number of fused-ring (bicyclic) bond motifs is 1. The van der Waals surface area contributed by atoms with E-state index in [1.54, 1.807) is 41.2 Å². The molecule has 0 fully saturated rings. The SMILES string of the molecule is O=C(NC(=S)Nc1cc2nn(-c3ccccc3)nc2cc1Cl)c1ccccc1. The molecule has 0 spiro atoms. The second-order valence-corrected chi connectivity index (χ2v) is 6.74. The number of nitrogens with one attached hydrogen (secondary N) is 2. The van der Waals surface area contributed by atoms with Gasteiger partial charge in [-0.3, -0.25) is 10.1 Å². The Kier molecular flexibility index (Phi) is 5.01. The van der Waals surface area contributed by atoms with Crippen LogP contribution in [0.1, 0.15) is 10.4 Å². The molecule has 8 heteroatoms. The van der Waals surface area contributed by atoms with E-state index in [4.69, 9.17) is 23.8 Å². The molecule has 3 aromatic carbocycles. The first-order chi connectivity index (χ1) is 13.6. The number of para-hydroxylation sites is 1. The Balaban J connectivity index is 1.54. The Morgan fingerprint density at radius 3 is 2.21 bits per heavy atom. The fourth-order valence-corrected chi connectivity index (χ4v) is 3.04.